The standard InChI is InChI=1S/C21H20Cl2N2O5S/c1-4-18(25(31(3,28)29)13-9-10-16(22)17(23)11-13)20(26)24-12-15(21(27)30-2)14-7-5-6-8-19(14)24/h5-12,18H,4H2,1-3H3/t18-/m1/s1. The first kappa shape index (κ1) is 23.1. The number of hydrogen-bond acceptors (Lipinski definition) is 5. The molecule has 164 valence electrons. The molecule has 0 radical (unpaired) electrons. The van der Waals surface area contributed by atoms with Crippen LogP contribution in [0.15, 0.2) is 48.7 Å². The molecule has 1 atom stereocenters. The summed E-state index contributed by atoms with van der Waals surface area (Å²) in [5, 5.41) is 0.949. The molecule has 0 spiro atoms. The van der Waals surface area contributed by atoms with Gasteiger partial charge in [-0.1, -0.05) is 48.3 Å². The van der Waals surface area contributed by atoms with Crippen LogP contribution >= 0.6 is 23.2 Å². The van der Waals surface area contributed by atoms with Gasteiger partial charge in [0.05, 0.1) is 40.2 Å². The molecule has 3 rings (SSSR count). The number of sulfonamides is 1. The fraction of sp³-hybridized carbons (Fsp3) is 0.238. The van der Waals surface area contributed by atoms with Gasteiger partial charge in [0.25, 0.3) is 5.91 Å². The van der Waals surface area contributed by atoms with Crippen LogP contribution in [0.25, 0.3) is 10.9 Å². The molecule has 0 N–H and O–H groups in total. The number of benzene rings is 2. The number of carbonyl (C=O) groups is 2. The highest BCUT2D eigenvalue weighted by atomic mass is 35.5. The van der Waals surface area contributed by atoms with Gasteiger partial charge in [-0.3, -0.25) is 13.7 Å². The molecule has 0 saturated heterocycles. The monoisotopic (exact) mass is 482 g/mol. The fourth-order valence-corrected chi connectivity index (χ4v) is 4.95. The fourth-order valence-electron chi connectivity index (χ4n) is 3.46. The zero-order chi connectivity index (χ0) is 22.9. The topological polar surface area (TPSA) is 85.7 Å². The zero-order valence-corrected chi connectivity index (χ0v) is 19.3. The number of anilines is 1. The van der Waals surface area contributed by atoms with Crippen molar-refractivity contribution >= 4 is 61.7 Å². The number of halogens is 2. The Morgan fingerprint density at radius 1 is 1.13 bits per heavy atom. The van der Waals surface area contributed by atoms with Crippen molar-refractivity contribution < 1.29 is 22.7 Å². The van der Waals surface area contributed by atoms with Crippen LogP contribution in [0.3, 0.4) is 0 Å². The third-order valence-electron chi connectivity index (χ3n) is 4.82. The number of carbonyl (C=O) groups excluding carboxylic acids is 2. The van der Waals surface area contributed by atoms with Gasteiger partial charge in [0, 0.05) is 11.6 Å². The van der Waals surface area contributed by atoms with Crippen molar-refractivity contribution in [2.24, 2.45) is 0 Å². The van der Waals surface area contributed by atoms with Crippen molar-refractivity contribution in [3.05, 3.63) is 64.3 Å². The Kier molecular flexibility index (Phi) is 6.64. The Hall–Kier alpha value is -2.55. The van der Waals surface area contributed by atoms with E-state index in [4.69, 9.17) is 27.9 Å². The highest BCUT2D eigenvalue weighted by Gasteiger charge is 2.34. The van der Waals surface area contributed by atoms with E-state index in [0.29, 0.717) is 10.9 Å². The number of methoxy groups -OCH3 is 1. The Bertz CT molecular complexity index is 1270. The lowest BCUT2D eigenvalue weighted by atomic mass is 10.1. The minimum atomic E-state index is -3.87. The molecule has 0 unspecified atom stereocenters. The van der Waals surface area contributed by atoms with Crippen LogP contribution in [-0.2, 0) is 14.8 Å². The summed E-state index contributed by atoms with van der Waals surface area (Å²) in [7, 11) is -2.62. The summed E-state index contributed by atoms with van der Waals surface area (Å²) < 4.78 is 32.5. The number of hydrogen-bond donors (Lipinski definition) is 0. The zero-order valence-electron chi connectivity index (χ0n) is 17.0. The minimum Gasteiger partial charge on any atom is -0.465 e. The van der Waals surface area contributed by atoms with Crippen molar-refractivity contribution in [2.45, 2.75) is 19.4 Å². The van der Waals surface area contributed by atoms with Crippen molar-refractivity contribution in [1.82, 2.24) is 4.57 Å². The molecule has 3 aromatic rings. The third-order valence-corrected chi connectivity index (χ3v) is 6.74. The summed E-state index contributed by atoms with van der Waals surface area (Å²) in [4.78, 5) is 25.8. The first-order chi connectivity index (χ1) is 14.6. The third kappa shape index (κ3) is 4.42. The summed E-state index contributed by atoms with van der Waals surface area (Å²) in [6.07, 6.45) is 2.56. The smallest absolute Gasteiger partial charge is 0.340 e. The second kappa shape index (κ2) is 8.90. The maximum absolute atomic E-state index is 13.6. The molecular weight excluding hydrogens is 463 g/mol. The molecule has 10 heteroatoms. The summed E-state index contributed by atoms with van der Waals surface area (Å²) in [6, 6.07) is 10.1. The van der Waals surface area contributed by atoms with Crippen LogP contribution < -0.4 is 4.31 Å². The van der Waals surface area contributed by atoms with Crippen LogP contribution in [0.5, 0.6) is 0 Å². The van der Waals surface area contributed by atoms with E-state index in [0.717, 1.165) is 10.6 Å². The molecule has 0 aliphatic carbocycles. The molecule has 2 aromatic carbocycles. The summed E-state index contributed by atoms with van der Waals surface area (Å²) in [5.41, 5.74) is 0.887. The molecule has 31 heavy (non-hydrogen) atoms. The van der Waals surface area contributed by atoms with Gasteiger partial charge in [-0.25, -0.2) is 13.2 Å². The van der Waals surface area contributed by atoms with Crippen molar-refractivity contribution in [1.29, 1.82) is 0 Å². The molecule has 1 aromatic heterocycles. The lowest BCUT2D eigenvalue weighted by Crippen LogP contribution is -2.46. The molecular formula is C21H20Cl2N2O5S. The molecule has 0 amide bonds. The Labute approximate surface area is 190 Å². The Morgan fingerprint density at radius 2 is 1.81 bits per heavy atom. The van der Waals surface area contributed by atoms with Crippen molar-refractivity contribution in [3.8, 4) is 0 Å². The lowest BCUT2D eigenvalue weighted by Gasteiger charge is -2.30. The van der Waals surface area contributed by atoms with Gasteiger partial charge >= 0.3 is 5.97 Å². The van der Waals surface area contributed by atoms with Crippen LogP contribution in [0.4, 0.5) is 5.69 Å². The number of para-hydroxylation sites is 1. The first-order valence-electron chi connectivity index (χ1n) is 9.27. The van der Waals surface area contributed by atoms with Gasteiger partial charge in [-0.2, -0.15) is 0 Å². The molecule has 0 aliphatic heterocycles. The molecule has 1 heterocycles. The maximum Gasteiger partial charge on any atom is 0.340 e. The molecule has 0 saturated carbocycles. The first-order valence-corrected chi connectivity index (χ1v) is 11.9. The normalized spacial score (nSPS) is 12.5. The summed E-state index contributed by atoms with van der Waals surface area (Å²) in [5.74, 6) is -1.12. The molecule has 7 nitrogen and oxygen atoms in total. The minimum absolute atomic E-state index is 0.162. The van der Waals surface area contributed by atoms with Gasteiger partial charge in [0.15, 0.2) is 0 Å². The predicted octanol–water partition coefficient (Wildman–Crippen LogP) is 4.62. The average molecular weight is 483 g/mol. The number of aromatic nitrogens is 1. The van der Waals surface area contributed by atoms with Gasteiger partial charge in [0.2, 0.25) is 10.0 Å². The van der Waals surface area contributed by atoms with E-state index in [1.807, 2.05) is 0 Å². The van der Waals surface area contributed by atoms with Crippen molar-refractivity contribution in [3.63, 3.8) is 0 Å². The van der Waals surface area contributed by atoms with Gasteiger partial charge in [-0.15, -0.1) is 0 Å². The van der Waals surface area contributed by atoms with E-state index in [9.17, 15) is 18.0 Å². The lowest BCUT2D eigenvalue weighted by molar-refractivity contribution is 0.0603. The summed E-state index contributed by atoms with van der Waals surface area (Å²) in [6.45, 7) is 1.70. The van der Waals surface area contributed by atoms with E-state index < -0.39 is 27.9 Å². The van der Waals surface area contributed by atoms with E-state index in [-0.39, 0.29) is 27.7 Å². The quantitative estimate of drug-likeness (QED) is 0.478. The largest absolute Gasteiger partial charge is 0.465 e. The second-order valence-corrected chi connectivity index (χ2v) is 9.51. The SMILES string of the molecule is CC[C@H](C(=O)n1cc(C(=O)OC)c2ccccc21)N(c1ccc(Cl)c(Cl)c1)S(C)(=O)=O. The van der Waals surface area contributed by atoms with E-state index in [1.54, 1.807) is 31.2 Å². The van der Waals surface area contributed by atoms with Crippen LogP contribution in [0, 0.1) is 0 Å². The highest BCUT2D eigenvalue weighted by molar-refractivity contribution is 7.92. The summed E-state index contributed by atoms with van der Waals surface area (Å²) >= 11 is 12.1. The van der Waals surface area contributed by atoms with E-state index in [2.05, 4.69) is 0 Å². The predicted molar refractivity (Wildman–Crippen MR) is 122 cm³/mol. The van der Waals surface area contributed by atoms with Gasteiger partial charge < -0.3 is 4.74 Å². The molecule has 0 fully saturated rings. The number of rotatable bonds is 6. The van der Waals surface area contributed by atoms with Gasteiger partial charge in [0.1, 0.15) is 6.04 Å². The average Bonchev–Trinajstić information content (AvgIpc) is 3.12. The maximum atomic E-state index is 13.6. The van der Waals surface area contributed by atoms with Crippen LogP contribution in [-0.4, -0.2) is 44.3 Å². The number of ether oxygens (including phenoxy) is 1. The van der Waals surface area contributed by atoms with Crippen LogP contribution in [0.1, 0.15) is 28.5 Å². The van der Waals surface area contributed by atoms with E-state index >= 15 is 0 Å². The van der Waals surface area contributed by atoms with Crippen LogP contribution in [0.2, 0.25) is 10.0 Å². The number of esters is 1. The van der Waals surface area contributed by atoms with E-state index in [1.165, 1.54) is 36.1 Å². The molecule has 0 bridgehead atoms. The number of nitrogens with zero attached hydrogens (tertiary/aromatic N) is 2. The Morgan fingerprint density at radius 3 is 2.39 bits per heavy atom. The molecule has 0 aliphatic rings. The number of fused-ring (bicyclic) bond motifs is 1. The second-order valence-electron chi connectivity index (χ2n) is 6.84. The van der Waals surface area contributed by atoms with Gasteiger partial charge in [-0.05, 0) is 30.7 Å². The van der Waals surface area contributed by atoms with Crippen molar-refractivity contribution in [2.75, 3.05) is 17.7 Å². The highest BCUT2D eigenvalue weighted by Crippen LogP contribution is 2.31. The Balaban J connectivity index is 2.18.